The maximum Gasteiger partial charge on any atom is 0.258 e. The van der Waals surface area contributed by atoms with Gasteiger partial charge in [-0.3, -0.25) is 4.79 Å². The molecule has 1 rings (SSSR count). The van der Waals surface area contributed by atoms with Gasteiger partial charge in [0, 0.05) is 13.7 Å². The summed E-state index contributed by atoms with van der Waals surface area (Å²) < 4.78 is 10.2. The molecule has 1 amide bonds. The molecule has 1 aromatic rings. The Morgan fingerprint density at radius 2 is 2.12 bits per heavy atom. The molecule has 0 saturated heterocycles. The number of methoxy groups -OCH3 is 1. The smallest absolute Gasteiger partial charge is 0.258 e. The summed E-state index contributed by atoms with van der Waals surface area (Å²) >= 11 is 0. The van der Waals surface area contributed by atoms with Crippen LogP contribution in [0.5, 0.6) is 5.75 Å². The summed E-state index contributed by atoms with van der Waals surface area (Å²) in [5, 5.41) is 2.72. The quantitative estimate of drug-likeness (QED) is 0.709. The van der Waals surface area contributed by atoms with E-state index in [0.29, 0.717) is 18.9 Å². The van der Waals surface area contributed by atoms with E-state index in [1.165, 1.54) is 0 Å². The van der Waals surface area contributed by atoms with Crippen molar-refractivity contribution in [3.05, 3.63) is 30.3 Å². The lowest BCUT2D eigenvalue weighted by Crippen LogP contribution is -2.45. The van der Waals surface area contributed by atoms with E-state index in [1.54, 1.807) is 19.2 Å². The zero-order valence-electron chi connectivity index (χ0n) is 9.89. The molecule has 3 N–H and O–H groups in total. The molecular weight excluding hydrogens is 220 g/mol. The second kappa shape index (κ2) is 7.65. The van der Waals surface area contributed by atoms with Gasteiger partial charge in [-0.15, -0.1) is 0 Å². The Kier molecular flexibility index (Phi) is 6.06. The Morgan fingerprint density at radius 1 is 1.41 bits per heavy atom. The van der Waals surface area contributed by atoms with Crippen LogP contribution in [0.3, 0.4) is 0 Å². The molecule has 0 aliphatic heterocycles. The van der Waals surface area contributed by atoms with Gasteiger partial charge in [0.05, 0.1) is 12.6 Å². The van der Waals surface area contributed by atoms with Gasteiger partial charge in [0.25, 0.3) is 5.91 Å². The van der Waals surface area contributed by atoms with Crippen LogP contribution in [-0.2, 0) is 9.53 Å². The van der Waals surface area contributed by atoms with Crippen molar-refractivity contribution in [3.63, 3.8) is 0 Å². The van der Waals surface area contributed by atoms with Crippen LogP contribution >= 0.6 is 0 Å². The van der Waals surface area contributed by atoms with Crippen LogP contribution in [0.4, 0.5) is 0 Å². The molecule has 5 nitrogen and oxygen atoms in total. The molecule has 0 radical (unpaired) electrons. The lowest BCUT2D eigenvalue weighted by atomic mass is 10.3. The molecule has 17 heavy (non-hydrogen) atoms. The third kappa shape index (κ3) is 5.33. The van der Waals surface area contributed by atoms with Gasteiger partial charge < -0.3 is 20.5 Å². The molecule has 0 bridgehead atoms. The fraction of sp³-hybridized carbons (Fsp3) is 0.417. The Balaban J connectivity index is 2.30. The number of nitrogens with one attached hydrogen (secondary N) is 1. The maximum atomic E-state index is 11.5. The number of para-hydroxylation sites is 1. The van der Waals surface area contributed by atoms with Crippen molar-refractivity contribution >= 4 is 5.91 Å². The summed E-state index contributed by atoms with van der Waals surface area (Å²) in [5.41, 5.74) is 5.48. The van der Waals surface area contributed by atoms with Crippen LogP contribution in [0.2, 0.25) is 0 Å². The minimum Gasteiger partial charge on any atom is -0.484 e. The fourth-order valence-electron chi connectivity index (χ4n) is 1.30. The molecule has 5 heteroatoms. The van der Waals surface area contributed by atoms with E-state index in [9.17, 15) is 4.79 Å². The van der Waals surface area contributed by atoms with Gasteiger partial charge in [-0.1, -0.05) is 18.2 Å². The predicted molar refractivity (Wildman–Crippen MR) is 64.8 cm³/mol. The summed E-state index contributed by atoms with van der Waals surface area (Å²) in [7, 11) is 1.56. The first-order valence-corrected chi connectivity index (χ1v) is 5.42. The van der Waals surface area contributed by atoms with Gasteiger partial charge in [-0.05, 0) is 12.1 Å². The summed E-state index contributed by atoms with van der Waals surface area (Å²) in [5.74, 6) is 0.458. The first-order chi connectivity index (χ1) is 8.26. The van der Waals surface area contributed by atoms with Crippen molar-refractivity contribution in [1.29, 1.82) is 0 Å². The average molecular weight is 238 g/mol. The van der Waals surface area contributed by atoms with E-state index >= 15 is 0 Å². The van der Waals surface area contributed by atoms with E-state index in [1.807, 2.05) is 18.2 Å². The Bertz CT molecular complexity index is 330. The van der Waals surface area contributed by atoms with Gasteiger partial charge >= 0.3 is 0 Å². The third-order valence-corrected chi connectivity index (χ3v) is 2.13. The molecule has 94 valence electrons. The number of hydrogen-bond acceptors (Lipinski definition) is 4. The van der Waals surface area contributed by atoms with E-state index in [-0.39, 0.29) is 18.6 Å². The summed E-state index contributed by atoms with van der Waals surface area (Å²) in [4.78, 5) is 11.5. The molecule has 0 aromatic heterocycles. The molecule has 1 atom stereocenters. The SMILES string of the molecule is COCC(CN)NC(=O)COc1ccccc1. The molecule has 0 aliphatic carbocycles. The number of carbonyl (C=O) groups excluding carboxylic acids is 1. The molecule has 0 aliphatic rings. The highest BCUT2D eigenvalue weighted by molar-refractivity contribution is 5.77. The van der Waals surface area contributed by atoms with Crippen LogP contribution in [0, 0.1) is 0 Å². The maximum absolute atomic E-state index is 11.5. The lowest BCUT2D eigenvalue weighted by Gasteiger charge is -2.15. The standard InChI is InChI=1S/C12H18N2O3/c1-16-8-10(7-13)14-12(15)9-17-11-5-3-2-4-6-11/h2-6,10H,7-9,13H2,1H3,(H,14,15). The lowest BCUT2D eigenvalue weighted by molar-refractivity contribution is -0.124. The number of carbonyl (C=O) groups is 1. The zero-order chi connectivity index (χ0) is 12.5. The summed E-state index contributed by atoms with van der Waals surface area (Å²) in [6.07, 6.45) is 0. The summed E-state index contributed by atoms with van der Waals surface area (Å²) in [6, 6.07) is 9.00. The third-order valence-electron chi connectivity index (χ3n) is 2.13. The molecule has 1 aromatic carbocycles. The number of amides is 1. The Hall–Kier alpha value is -1.59. The van der Waals surface area contributed by atoms with Crippen molar-refractivity contribution in [2.75, 3.05) is 26.9 Å². The number of benzene rings is 1. The van der Waals surface area contributed by atoms with Gasteiger partial charge in [0.15, 0.2) is 6.61 Å². The van der Waals surface area contributed by atoms with Crippen molar-refractivity contribution in [2.45, 2.75) is 6.04 Å². The Labute approximate surface area is 101 Å². The predicted octanol–water partition coefficient (Wildman–Crippen LogP) is 0.155. The van der Waals surface area contributed by atoms with Crippen LogP contribution < -0.4 is 15.8 Å². The van der Waals surface area contributed by atoms with Crippen molar-refractivity contribution in [3.8, 4) is 5.75 Å². The van der Waals surface area contributed by atoms with Gasteiger partial charge in [0.2, 0.25) is 0 Å². The van der Waals surface area contributed by atoms with Gasteiger partial charge in [-0.25, -0.2) is 0 Å². The van der Waals surface area contributed by atoms with E-state index in [4.69, 9.17) is 15.2 Å². The average Bonchev–Trinajstić information content (AvgIpc) is 2.37. The minimum absolute atomic E-state index is 0.0236. The molecule has 0 heterocycles. The normalized spacial score (nSPS) is 11.9. The zero-order valence-corrected chi connectivity index (χ0v) is 9.89. The second-order valence-corrected chi connectivity index (χ2v) is 3.56. The highest BCUT2D eigenvalue weighted by Gasteiger charge is 2.10. The van der Waals surface area contributed by atoms with Crippen molar-refractivity contribution in [2.24, 2.45) is 5.73 Å². The fourth-order valence-corrected chi connectivity index (χ4v) is 1.30. The second-order valence-electron chi connectivity index (χ2n) is 3.56. The largest absolute Gasteiger partial charge is 0.484 e. The molecular formula is C12H18N2O3. The number of ether oxygens (including phenoxy) is 2. The highest BCUT2D eigenvalue weighted by Crippen LogP contribution is 2.07. The van der Waals surface area contributed by atoms with Crippen LogP contribution in [0.25, 0.3) is 0 Å². The van der Waals surface area contributed by atoms with Crippen molar-refractivity contribution < 1.29 is 14.3 Å². The Morgan fingerprint density at radius 3 is 2.71 bits per heavy atom. The van der Waals surface area contributed by atoms with Crippen LogP contribution in [0.1, 0.15) is 0 Å². The van der Waals surface area contributed by atoms with E-state index in [2.05, 4.69) is 5.32 Å². The highest BCUT2D eigenvalue weighted by atomic mass is 16.5. The van der Waals surface area contributed by atoms with Gasteiger partial charge in [-0.2, -0.15) is 0 Å². The van der Waals surface area contributed by atoms with Crippen molar-refractivity contribution in [1.82, 2.24) is 5.32 Å². The van der Waals surface area contributed by atoms with E-state index < -0.39 is 0 Å². The number of rotatable bonds is 7. The van der Waals surface area contributed by atoms with Crippen LogP contribution in [-0.4, -0.2) is 38.8 Å². The molecule has 0 spiro atoms. The topological polar surface area (TPSA) is 73.6 Å². The number of nitrogens with two attached hydrogens (primary N) is 1. The van der Waals surface area contributed by atoms with Crippen LogP contribution in [0.15, 0.2) is 30.3 Å². The monoisotopic (exact) mass is 238 g/mol. The molecule has 1 unspecified atom stereocenters. The molecule has 0 saturated carbocycles. The molecule has 0 fully saturated rings. The first-order valence-electron chi connectivity index (χ1n) is 5.42. The first kappa shape index (κ1) is 13.5. The van der Waals surface area contributed by atoms with E-state index in [0.717, 1.165) is 0 Å². The number of hydrogen-bond donors (Lipinski definition) is 2. The summed E-state index contributed by atoms with van der Waals surface area (Å²) in [6.45, 7) is 0.711. The van der Waals surface area contributed by atoms with Gasteiger partial charge in [0.1, 0.15) is 5.75 Å². The minimum atomic E-state index is -0.207.